The van der Waals surface area contributed by atoms with E-state index in [-0.39, 0.29) is 18.5 Å². The molecule has 0 unspecified atom stereocenters. The highest BCUT2D eigenvalue weighted by molar-refractivity contribution is 6.00. The molecule has 1 saturated heterocycles. The number of benzene rings is 2. The number of aryl methyl sites for hydroxylation is 1. The van der Waals surface area contributed by atoms with Crippen LogP contribution in [0.15, 0.2) is 53.7 Å². The molecule has 7 heteroatoms. The van der Waals surface area contributed by atoms with Gasteiger partial charge in [-0.2, -0.15) is 0 Å². The average Bonchev–Trinajstić information content (AvgIpc) is 3.15. The fraction of sp³-hybridized carbons (Fsp3) is 0.318. The molecule has 1 aliphatic heterocycles. The van der Waals surface area contributed by atoms with E-state index in [2.05, 4.69) is 34.3 Å². The molecule has 7 nitrogen and oxygen atoms in total. The maximum atomic E-state index is 13.1. The van der Waals surface area contributed by atoms with Crippen LogP contribution < -0.4 is 5.32 Å². The minimum atomic E-state index is -0.530. The lowest BCUT2D eigenvalue weighted by Crippen LogP contribution is -2.43. The largest absolute Gasteiger partial charge is 0.453 e. The zero-order valence-electron chi connectivity index (χ0n) is 16.8. The van der Waals surface area contributed by atoms with Crippen molar-refractivity contribution in [3.63, 3.8) is 0 Å². The second-order valence-corrected chi connectivity index (χ2v) is 6.90. The molecular weight excluding hydrogens is 370 g/mol. The molecule has 0 spiro atoms. The summed E-state index contributed by atoms with van der Waals surface area (Å²) in [5.74, 6) is -0.112. The van der Waals surface area contributed by atoms with Crippen molar-refractivity contribution >= 4 is 17.7 Å². The molecule has 3 rings (SSSR count). The zero-order chi connectivity index (χ0) is 20.8. The van der Waals surface area contributed by atoms with Gasteiger partial charge < -0.3 is 19.8 Å². The molecule has 0 radical (unpaired) electrons. The fourth-order valence-corrected chi connectivity index (χ4v) is 3.52. The average molecular weight is 395 g/mol. The predicted octanol–water partition coefficient (Wildman–Crippen LogP) is 3.23. The highest BCUT2D eigenvalue weighted by atomic mass is 16.6. The molecule has 1 aliphatic rings. The quantitative estimate of drug-likeness (QED) is 0.788. The molecule has 152 valence electrons. The third-order valence-electron chi connectivity index (χ3n) is 5.00. The Morgan fingerprint density at radius 2 is 1.86 bits per heavy atom. The van der Waals surface area contributed by atoms with Crippen LogP contribution in [0.3, 0.4) is 0 Å². The van der Waals surface area contributed by atoms with E-state index in [0.717, 1.165) is 16.8 Å². The molecule has 2 aromatic carbocycles. The van der Waals surface area contributed by atoms with Crippen LogP contribution >= 0.6 is 0 Å². The Kier molecular flexibility index (Phi) is 6.49. The first kappa shape index (κ1) is 20.4. The van der Waals surface area contributed by atoms with Crippen LogP contribution in [0.2, 0.25) is 0 Å². The van der Waals surface area contributed by atoms with E-state index in [9.17, 15) is 9.59 Å². The second-order valence-electron chi connectivity index (χ2n) is 6.90. The van der Waals surface area contributed by atoms with Crippen molar-refractivity contribution in [2.45, 2.75) is 19.4 Å². The van der Waals surface area contributed by atoms with Gasteiger partial charge in [0.25, 0.3) is 5.91 Å². The van der Waals surface area contributed by atoms with Crippen LogP contribution in [0.4, 0.5) is 4.79 Å². The van der Waals surface area contributed by atoms with Crippen LogP contribution in [0.5, 0.6) is 0 Å². The Balaban J connectivity index is 1.78. The lowest BCUT2D eigenvalue weighted by atomic mass is 9.99. The molecule has 0 saturated carbocycles. The highest BCUT2D eigenvalue weighted by Gasteiger charge is 2.34. The van der Waals surface area contributed by atoms with Gasteiger partial charge in [-0.25, -0.2) is 4.79 Å². The number of hydrogen-bond donors (Lipinski definition) is 1. The van der Waals surface area contributed by atoms with Crippen LogP contribution in [0.25, 0.3) is 11.1 Å². The monoisotopic (exact) mass is 395 g/mol. The van der Waals surface area contributed by atoms with Crippen molar-refractivity contribution in [2.24, 2.45) is 5.16 Å². The summed E-state index contributed by atoms with van der Waals surface area (Å²) in [6.07, 6.45) is 0.00216. The number of nitrogens with one attached hydrogen (secondary N) is 1. The van der Waals surface area contributed by atoms with Crippen molar-refractivity contribution in [3.8, 4) is 11.1 Å². The normalized spacial score (nSPS) is 17.3. The van der Waals surface area contributed by atoms with E-state index in [1.807, 2.05) is 36.4 Å². The van der Waals surface area contributed by atoms with E-state index in [1.54, 1.807) is 4.90 Å². The van der Waals surface area contributed by atoms with E-state index < -0.39 is 6.09 Å². The van der Waals surface area contributed by atoms with Crippen LogP contribution in [-0.2, 0) is 9.57 Å². The third kappa shape index (κ3) is 4.74. The van der Waals surface area contributed by atoms with Crippen LogP contribution in [0.1, 0.15) is 22.3 Å². The van der Waals surface area contributed by atoms with Crippen molar-refractivity contribution in [1.82, 2.24) is 10.2 Å². The Morgan fingerprint density at radius 1 is 1.14 bits per heavy atom. The number of rotatable bonds is 5. The van der Waals surface area contributed by atoms with Gasteiger partial charge >= 0.3 is 6.09 Å². The Hall–Kier alpha value is -3.35. The van der Waals surface area contributed by atoms with Gasteiger partial charge in [0.15, 0.2) is 0 Å². The Bertz CT molecular complexity index is 909. The molecular formula is C22H25N3O4. The van der Waals surface area contributed by atoms with Gasteiger partial charge in [-0.3, -0.25) is 4.79 Å². The summed E-state index contributed by atoms with van der Waals surface area (Å²) < 4.78 is 4.62. The molecule has 0 aliphatic carbocycles. The number of alkyl carbamates (subject to hydrolysis) is 1. The van der Waals surface area contributed by atoms with Gasteiger partial charge in [0.1, 0.15) is 7.11 Å². The smallest absolute Gasteiger partial charge is 0.406 e. The number of oxime groups is 1. The molecule has 2 aromatic rings. The Labute approximate surface area is 170 Å². The lowest BCUT2D eigenvalue weighted by Gasteiger charge is -2.24. The van der Waals surface area contributed by atoms with Gasteiger partial charge in [0.05, 0.1) is 25.4 Å². The highest BCUT2D eigenvalue weighted by Crippen LogP contribution is 2.25. The van der Waals surface area contributed by atoms with Crippen LogP contribution in [-0.4, -0.2) is 56.0 Å². The number of nitrogens with zero attached hydrogens (tertiary/aromatic N) is 2. The maximum absolute atomic E-state index is 13.1. The number of carbonyl (C=O) groups excluding carboxylic acids is 2. The van der Waals surface area contributed by atoms with Gasteiger partial charge in [-0.15, -0.1) is 0 Å². The number of carbonyl (C=O) groups is 2. The molecule has 1 N–H and O–H groups in total. The van der Waals surface area contributed by atoms with E-state index >= 15 is 0 Å². The van der Waals surface area contributed by atoms with Crippen molar-refractivity contribution in [1.29, 1.82) is 0 Å². The number of amides is 2. The molecule has 0 bridgehead atoms. The second kappa shape index (κ2) is 9.23. The predicted molar refractivity (Wildman–Crippen MR) is 111 cm³/mol. The zero-order valence-corrected chi connectivity index (χ0v) is 16.8. The fourth-order valence-electron chi connectivity index (χ4n) is 3.52. The van der Waals surface area contributed by atoms with Gasteiger partial charge in [0, 0.05) is 18.5 Å². The minimum absolute atomic E-state index is 0.112. The lowest BCUT2D eigenvalue weighted by molar-refractivity contribution is 0.0737. The van der Waals surface area contributed by atoms with E-state index in [1.165, 1.54) is 19.8 Å². The molecule has 1 fully saturated rings. The van der Waals surface area contributed by atoms with Crippen molar-refractivity contribution < 1.29 is 19.2 Å². The number of hydrogen-bond acceptors (Lipinski definition) is 5. The standard InChI is InChI=1S/C22H25N3O4/c1-15-6-4-5-7-20(15)16-8-10-17(11-9-16)21(26)25-14-18(24-29-3)12-19(25)13-23-22(27)28-2/h4-11,19H,12-14H2,1-3H3,(H,23,27)/b24-18-/t19-/m0/s1. The third-order valence-corrected chi connectivity index (χ3v) is 5.00. The van der Waals surface area contributed by atoms with Crippen LogP contribution in [0, 0.1) is 6.92 Å². The van der Waals surface area contributed by atoms with Gasteiger partial charge in [-0.1, -0.05) is 41.6 Å². The minimum Gasteiger partial charge on any atom is -0.453 e. The topological polar surface area (TPSA) is 80.2 Å². The van der Waals surface area contributed by atoms with Crippen molar-refractivity contribution in [3.05, 3.63) is 59.7 Å². The van der Waals surface area contributed by atoms with E-state index in [0.29, 0.717) is 18.5 Å². The first-order valence-corrected chi connectivity index (χ1v) is 9.41. The first-order valence-electron chi connectivity index (χ1n) is 9.41. The summed E-state index contributed by atoms with van der Waals surface area (Å²) in [4.78, 5) is 31.1. The molecule has 0 aromatic heterocycles. The maximum Gasteiger partial charge on any atom is 0.406 e. The summed E-state index contributed by atoms with van der Waals surface area (Å²) in [6, 6.07) is 15.5. The molecule has 1 heterocycles. The Morgan fingerprint density at radius 3 is 2.52 bits per heavy atom. The molecule has 29 heavy (non-hydrogen) atoms. The molecule has 1 atom stereocenters. The first-order chi connectivity index (χ1) is 14.0. The van der Waals surface area contributed by atoms with Crippen molar-refractivity contribution in [2.75, 3.05) is 27.3 Å². The number of likely N-dealkylation sites (tertiary alicyclic amines) is 1. The summed E-state index contributed by atoms with van der Waals surface area (Å²) >= 11 is 0. The van der Waals surface area contributed by atoms with Gasteiger partial charge in [-0.05, 0) is 35.7 Å². The summed E-state index contributed by atoms with van der Waals surface area (Å²) in [5.41, 5.74) is 4.73. The van der Waals surface area contributed by atoms with Gasteiger partial charge in [0.2, 0.25) is 0 Å². The molecule has 2 amide bonds. The number of ether oxygens (including phenoxy) is 1. The SMILES string of the molecule is CO/N=C1/C[C@@H](CNC(=O)OC)N(C(=O)c2ccc(-c3ccccc3C)cc2)C1. The summed E-state index contributed by atoms with van der Waals surface area (Å²) in [6.45, 7) is 2.70. The summed E-state index contributed by atoms with van der Waals surface area (Å²) in [5, 5.41) is 6.65. The number of methoxy groups -OCH3 is 1. The van der Waals surface area contributed by atoms with E-state index in [4.69, 9.17) is 4.84 Å². The summed E-state index contributed by atoms with van der Waals surface area (Å²) in [7, 11) is 2.78.